The van der Waals surface area contributed by atoms with Crippen LogP contribution in [0.15, 0.2) is 18.2 Å². The highest BCUT2D eigenvalue weighted by molar-refractivity contribution is 6.37. The second-order valence-electron chi connectivity index (χ2n) is 3.01. The summed E-state index contributed by atoms with van der Waals surface area (Å²) in [6.45, 7) is 0.156. The van der Waals surface area contributed by atoms with Gasteiger partial charge in [0.25, 0.3) is 0 Å². The summed E-state index contributed by atoms with van der Waals surface area (Å²) in [5.74, 6) is -0.641. The third-order valence-electron chi connectivity index (χ3n) is 2.00. The number of rotatable bonds is 1. The highest BCUT2D eigenvalue weighted by Gasteiger charge is 2.17. The molecule has 0 saturated heterocycles. The van der Waals surface area contributed by atoms with Crippen molar-refractivity contribution in [3.05, 3.63) is 18.2 Å². The maximum Gasteiger partial charge on any atom is 0.396 e. The third-order valence-corrected chi connectivity index (χ3v) is 2.00. The molecule has 1 N–H and O–H groups in total. The van der Waals surface area contributed by atoms with Crippen LogP contribution in [-0.4, -0.2) is 25.8 Å². The smallest absolute Gasteiger partial charge is 0.396 e. The van der Waals surface area contributed by atoms with Gasteiger partial charge in [-0.25, -0.2) is 4.79 Å². The maximum atomic E-state index is 11.2. The average Bonchev–Trinajstić information content (AvgIpc) is 2.75. The van der Waals surface area contributed by atoms with Gasteiger partial charge < -0.3 is 19.5 Å². The van der Waals surface area contributed by atoms with Crippen molar-refractivity contribution in [2.45, 2.75) is 0 Å². The minimum atomic E-state index is -0.947. The largest absolute Gasteiger partial charge is 0.462 e. The Balaban J connectivity index is 2.11. The molecule has 0 fully saturated rings. The Morgan fingerprint density at radius 3 is 2.81 bits per heavy atom. The molecule has 0 aliphatic carbocycles. The van der Waals surface area contributed by atoms with Crippen molar-refractivity contribution in [2.24, 2.45) is 0 Å². The Hall–Kier alpha value is -2.24. The number of amides is 1. The van der Waals surface area contributed by atoms with E-state index in [1.807, 2.05) is 0 Å². The van der Waals surface area contributed by atoms with E-state index in [9.17, 15) is 9.59 Å². The van der Waals surface area contributed by atoms with E-state index in [0.717, 1.165) is 7.11 Å². The zero-order valence-corrected chi connectivity index (χ0v) is 8.48. The van der Waals surface area contributed by atoms with E-state index >= 15 is 0 Å². The molecule has 1 aromatic rings. The summed E-state index contributed by atoms with van der Waals surface area (Å²) in [5.41, 5.74) is 0.444. The van der Waals surface area contributed by atoms with Crippen molar-refractivity contribution >= 4 is 17.6 Å². The molecule has 0 bridgehead atoms. The number of hydrogen-bond donors (Lipinski definition) is 1. The molecule has 6 heteroatoms. The number of anilines is 1. The minimum absolute atomic E-state index is 0.156. The molecule has 0 unspecified atom stereocenters. The topological polar surface area (TPSA) is 73.9 Å². The summed E-state index contributed by atoms with van der Waals surface area (Å²) in [6.07, 6.45) is 0. The zero-order valence-electron chi connectivity index (χ0n) is 8.48. The number of benzene rings is 1. The molecule has 1 heterocycles. The Morgan fingerprint density at radius 1 is 1.31 bits per heavy atom. The first kappa shape index (κ1) is 10.3. The van der Waals surface area contributed by atoms with E-state index < -0.39 is 11.9 Å². The lowest BCUT2D eigenvalue weighted by atomic mass is 10.3. The van der Waals surface area contributed by atoms with Crippen LogP contribution in [-0.2, 0) is 14.3 Å². The first-order valence-corrected chi connectivity index (χ1v) is 4.49. The van der Waals surface area contributed by atoms with Gasteiger partial charge in [-0.15, -0.1) is 0 Å². The lowest BCUT2D eigenvalue weighted by Gasteiger charge is -2.04. The Bertz CT molecular complexity index is 443. The Morgan fingerprint density at radius 2 is 2.06 bits per heavy atom. The van der Waals surface area contributed by atoms with Gasteiger partial charge in [0.15, 0.2) is 11.5 Å². The summed E-state index contributed by atoms with van der Waals surface area (Å²) < 4.78 is 14.5. The van der Waals surface area contributed by atoms with Crippen LogP contribution in [0.1, 0.15) is 0 Å². The van der Waals surface area contributed by atoms with Crippen molar-refractivity contribution in [1.82, 2.24) is 0 Å². The highest BCUT2D eigenvalue weighted by atomic mass is 16.7. The van der Waals surface area contributed by atoms with Gasteiger partial charge in [-0.05, 0) is 12.1 Å². The number of methoxy groups -OCH3 is 1. The molecule has 0 saturated carbocycles. The van der Waals surface area contributed by atoms with Crippen molar-refractivity contribution in [3.63, 3.8) is 0 Å². The fraction of sp³-hybridized carbons (Fsp3) is 0.200. The monoisotopic (exact) mass is 223 g/mol. The number of ether oxygens (including phenoxy) is 3. The first-order chi connectivity index (χ1) is 7.70. The molecule has 1 aromatic carbocycles. The Kier molecular flexibility index (Phi) is 2.63. The van der Waals surface area contributed by atoms with Crippen LogP contribution in [0.25, 0.3) is 0 Å². The molecule has 0 atom stereocenters. The van der Waals surface area contributed by atoms with Gasteiger partial charge >= 0.3 is 11.9 Å². The summed E-state index contributed by atoms with van der Waals surface area (Å²) in [6, 6.07) is 4.83. The van der Waals surface area contributed by atoms with Crippen LogP contribution in [0.2, 0.25) is 0 Å². The molecule has 1 amide bonds. The van der Waals surface area contributed by atoms with Crippen LogP contribution in [0.4, 0.5) is 5.69 Å². The van der Waals surface area contributed by atoms with E-state index in [0.29, 0.717) is 17.2 Å². The quantitative estimate of drug-likeness (QED) is 0.555. The summed E-state index contributed by atoms with van der Waals surface area (Å²) in [4.78, 5) is 22.0. The van der Waals surface area contributed by atoms with E-state index in [4.69, 9.17) is 9.47 Å². The molecular formula is C10H9NO5. The number of nitrogens with one attached hydrogen (secondary N) is 1. The molecule has 1 aliphatic rings. The van der Waals surface area contributed by atoms with Crippen LogP contribution >= 0.6 is 0 Å². The fourth-order valence-corrected chi connectivity index (χ4v) is 1.25. The molecular weight excluding hydrogens is 214 g/mol. The van der Waals surface area contributed by atoms with Crippen LogP contribution in [0.3, 0.4) is 0 Å². The van der Waals surface area contributed by atoms with Crippen molar-refractivity contribution in [2.75, 3.05) is 19.2 Å². The van der Waals surface area contributed by atoms with Gasteiger partial charge in [-0.2, -0.15) is 0 Å². The summed E-state index contributed by atoms with van der Waals surface area (Å²) >= 11 is 0. The molecule has 1 aliphatic heterocycles. The summed E-state index contributed by atoms with van der Waals surface area (Å²) in [5, 5.41) is 2.37. The molecule has 0 spiro atoms. The lowest BCUT2D eigenvalue weighted by molar-refractivity contribution is -0.150. The maximum absolute atomic E-state index is 11.2. The lowest BCUT2D eigenvalue weighted by Crippen LogP contribution is -2.23. The number of hydrogen-bond acceptors (Lipinski definition) is 5. The van der Waals surface area contributed by atoms with Gasteiger partial charge in [-0.1, -0.05) is 0 Å². The average molecular weight is 223 g/mol. The van der Waals surface area contributed by atoms with E-state index in [2.05, 4.69) is 10.1 Å². The summed E-state index contributed by atoms with van der Waals surface area (Å²) in [7, 11) is 1.14. The van der Waals surface area contributed by atoms with Gasteiger partial charge in [0, 0.05) is 11.8 Å². The Labute approximate surface area is 91.1 Å². The van der Waals surface area contributed by atoms with Gasteiger partial charge in [0.2, 0.25) is 6.79 Å². The first-order valence-electron chi connectivity index (χ1n) is 4.49. The van der Waals surface area contributed by atoms with Crippen molar-refractivity contribution in [1.29, 1.82) is 0 Å². The molecule has 2 rings (SSSR count). The van der Waals surface area contributed by atoms with Gasteiger partial charge in [0.05, 0.1) is 7.11 Å². The van der Waals surface area contributed by atoms with Crippen molar-refractivity contribution in [3.8, 4) is 11.5 Å². The highest BCUT2D eigenvalue weighted by Crippen LogP contribution is 2.34. The van der Waals surface area contributed by atoms with Crippen LogP contribution in [0, 0.1) is 0 Å². The number of fused-ring (bicyclic) bond motifs is 1. The molecule has 6 nitrogen and oxygen atoms in total. The number of carbonyl (C=O) groups excluding carboxylic acids is 2. The zero-order chi connectivity index (χ0) is 11.5. The minimum Gasteiger partial charge on any atom is -0.462 e. The van der Waals surface area contributed by atoms with Gasteiger partial charge in [0.1, 0.15) is 0 Å². The van der Waals surface area contributed by atoms with E-state index in [1.165, 1.54) is 0 Å². The predicted octanol–water partition coefficient (Wildman–Crippen LogP) is 0.527. The van der Waals surface area contributed by atoms with E-state index in [1.54, 1.807) is 18.2 Å². The molecule has 84 valence electrons. The predicted molar refractivity (Wildman–Crippen MR) is 53.2 cm³/mol. The number of esters is 1. The normalized spacial score (nSPS) is 12.1. The van der Waals surface area contributed by atoms with Crippen LogP contribution in [0.5, 0.6) is 11.5 Å². The second-order valence-corrected chi connectivity index (χ2v) is 3.01. The fourth-order valence-electron chi connectivity index (χ4n) is 1.25. The number of carbonyl (C=O) groups is 2. The third kappa shape index (κ3) is 1.90. The van der Waals surface area contributed by atoms with Crippen LogP contribution < -0.4 is 14.8 Å². The molecule has 16 heavy (non-hydrogen) atoms. The molecule has 0 aromatic heterocycles. The molecule has 0 radical (unpaired) electrons. The standard InChI is InChI=1S/C10H9NO5/c1-14-10(13)9(12)11-6-2-3-7-8(4-6)16-5-15-7/h2-4H,5H2,1H3,(H,11,12). The van der Waals surface area contributed by atoms with Crippen molar-refractivity contribution < 1.29 is 23.8 Å². The SMILES string of the molecule is COC(=O)C(=O)Nc1ccc2c(c1)OCO2. The van der Waals surface area contributed by atoms with Gasteiger partial charge in [-0.3, -0.25) is 4.79 Å². The second kappa shape index (κ2) is 4.09. The van der Waals surface area contributed by atoms with E-state index in [-0.39, 0.29) is 6.79 Å².